The highest BCUT2D eigenvalue weighted by Crippen LogP contribution is 2.54. The predicted octanol–water partition coefficient (Wildman–Crippen LogP) is 4.87. The molecule has 2 aromatic rings. The van der Waals surface area contributed by atoms with Gasteiger partial charge in [0.15, 0.2) is 0 Å². The molecule has 2 aromatic carbocycles. The highest BCUT2D eigenvalue weighted by molar-refractivity contribution is 9.10. The number of sulfonamides is 1. The van der Waals surface area contributed by atoms with E-state index in [1.807, 2.05) is 6.07 Å². The number of fused-ring (bicyclic) bond motifs is 3. The molecule has 2 N–H and O–H groups in total. The first-order valence-corrected chi connectivity index (χ1v) is 11.7. The molecule has 154 valence electrons. The molecule has 0 unspecified atom stereocenters. The molecule has 0 bridgehead atoms. The molecule has 0 amide bonds. The first-order valence-electron chi connectivity index (χ1n) is 9.43. The zero-order valence-electron chi connectivity index (χ0n) is 15.6. The van der Waals surface area contributed by atoms with E-state index in [0.717, 1.165) is 42.5 Å². The van der Waals surface area contributed by atoms with Crippen LogP contribution < -0.4 is 10.0 Å². The summed E-state index contributed by atoms with van der Waals surface area (Å²) < 4.78 is 56.1. The van der Waals surface area contributed by atoms with Gasteiger partial charge in [0.1, 0.15) is 11.6 Å². The Bertz CT molecular complexity index is 1070. The summed E-state index contributed by atoms with van der Waals surface area (Å²) in [6.07, 6.45) is 3.08. The molecule has 2 aliphatic rings. The summed E-state index contributed by atoms with van der Waals surface area (Å²) in [6.45, 7) is 4.43. The van der Waals surface area contributed by atoms with Gasteiger partial charge in [0.05, 0.1) is 10.6 Å². The summed E-state index contributed by atoms with van der Waals surface area (Å²) in [6, 6.07) is 7.99. The van der Waals surface area contributed by atoms with E-state index in [1.165, 1.54) is 18.2 Å². The van der Waals surface area contributed by atoms with E-state index in [0.29, 0.717) is 16.6 Å². The van der Waals surface area contributed by atoms with Gasteiger partial charge in [-0.25, -0.2) is 21.9 Å². The van der Waals surface area contributed by atoms with Crippen molar-refractivity contribution < 1.29 is 17.2 Å². The van der Waals surface area contributed by atoms with Crippen LogP contribution in [0.3, 0.4) is 0 Å². The van der Waals surface area contributed by atoms with E-state index < -0.39 is 21.3 Å². The van der Waals surface area contributed by atoms with Crippen LogP contribution in [0.2, 0.25) is 0 Å². The van der Waals surface area contributed by atoms with Crippen molar-refractivity contribution in [2.24, 2.45) is 0 Å². The Hall–Kier alpha value is -1.77. The molecular weight excluding hydrogens is 462 g/mol. The van der Waals surface area contributed by atoms with Crippen LogP contribution >= 0.6 is 15.9 Å². The fraction of sp³-hybridized carbons (Fsp3) is 0.333. The summed E-state index contributed by atoms with van der Waals surface area (Å²) >= 11 is 3.37. The minimum Gasteiger partial charge on any atom is -0.378 e. The molecule has 1 saturated carbocycles. The van der Waals surface area contributed by atoms with E-state index in [1.54, 1.807) is 0 Å². The minimum atomic E-state index is -3.77. The van der Waals surface area contributed by atoms with Gasteiger partial charge < -0.3 is 5.32 Å². The lowest BCUT2D eigenvalue weighted by atomic mass is 9.63. The summed E-state index contributed by atoms with van der Waals surface area (Å²) in [5.41, 5.74) is 1.74. The number of rotatable bonds is 5. The zero-order valence-corrected chi connectivity index (χ0v) is 18.0. The van der Waals surface area contributed by atoms with Crippen LogP contribution in [0.25, 0.3) is 0 Å². The zero-order chi connectivity index (χ0) is 20.8. The quantitative estimate of drug-likeness (QED) is 0.597. The molecule has 1 fully saturated rings. The van der Waals surface area contributed by atoms with Crippen molar-refractivity contribution in [3.63, 3.8) is 0 Å². The maximum absolute atomic E-state index is 14.6. The Morgan fingerprint density at radius 1 is 1.24 bits per heavy atom. The van der Waals surface area contributed by atoms with Gasteiger partial charge in [-0.05, 0) is 67.6 Å². The van der Waals surface area contributed by atoms with Crippen LogP contribution in [0.5, 0.6) is 0 Å². The molecule has 0 aromatic heterocycles. The topological polar surface area (TPSA) is 58.2 Å². The molecule has 4 nitrogen and oxygen atoms in total. The Balaban J connectivity index is 1.62. The molecule has 0 radical (unpaired) electrons. The smallest absolute Gasteiger partial charge is 0.240 e. The first kappa shape index (κ1) is 20.5. The van der Waals surface area contributed by atoms with Gasteiger partial charge in [-0.3, -0.25) is 0 Å². The third-order valence-electron chi connectivity index (χ3n) is 5.99. The average Bonchev–Trinajstić information content (AvgIpc) is 2.98. The van der Waals surface area contributed by atoms with E-state index in [4.69, 9.17) is 0 Å². The Kier molecular flexibility index (Phi) is 5.29. The molecule has 1 aliphatic carbocycles. The van der Waals surface area contributed by atoms with Crippen molar-refractivity contribution in [3.05, 3.63) is 70.2 Å². The standard InChI is InChI=1S/C21H21BrF2N2O2S/c1-13-3-2-4-19-21(13,17-11-14(22)12-18(24)20(17)26-19)9-10-25-29(27,28)16-7-5-15(23)6-8-16/h5-8,11-12,19,25-26H,1-4,9-10H2/t19-,21-/m0/s1. The van der Waals surface area contributed by atoms with Crippen LogP contribution in [0.15, 0.2) is 57.9 Å². The minimum absolute atomic E-state index is 0.00848. The molecule has 1 heterocycles. The van der Waals surface area contributed by atoms with E-state index >= 15 is 0 Å². The fourth-order valence-electron chi connectivity index (χ4n) is 4.62. The molecule has 1 aliphatic heterocycles. The maximum Gasteiger partial charge on any atom is 0.240 e. The Labute approximate surface area is 177 Å². The summed E-state index contributed by atoms with van der Waals surface area (Å²) in [4.78, 5) is 0.00848. The highest BCUT2D eigenvalue weighted by Gasteiger charge is 2.50. The summed E-state index contributed by atoms with van der Waals surface area (Å²) in [5, 5.41) is 3.31. The van der Waals surface area contributed by atoms with Crippen LogP contribution in [-0.2, 0) is 15.4 Å². The van der Waals surface area contributed by atoms with Crippen molar-refractivity contribution in [1.29, 1.82) is 0 Å². The fourth-order valence-corrected chi connectivity index (χ4v) is 6.08. The monoisotopic (exact) mass is 482 g/mol. The van der Waals surface area contributed by atoms with E-state index in [-0.39, 0.29) is 23.3 Å². The molecule has 4 rings (SSSR count). The average molecular weight is 483 g/mol. The first-order chi connectivity index (χ1) is 13.7. The second-order valence-corrected chi connectivity index (χ2v) is 10.3. The number of hydrogen-bond acceptors (Lipinski definition) is 3. The van der Waals surface area contributed by atoms with Gasteiger partial charge in [-0.15, -0.1) is 0 Å². The number of nitrogens with one attached hydrogen (secondary N) is 2. The van der Waals surface area contributed by atoms with Gasteiger partial charge in [0, 0.05) is 22.5 Å². The van der Waals surface area contributed by atoms with Crippen LogP contribution in [0, 0.1) is 11.6 Å². The van der Waals surface area contributed by atoms with Crippen LogP contribution in [0.1, 0.15) is 31.2 Å². The lowest BCUT2D eigenvalue weighted by Gasteiger charge is -2.42. The van der Waals surface area contributed by atoms with Crippen molar-refractivity contribution >= 4 is 31.6 Å². The molecule has 0 saturated heterocycles. The molecule has 0 spiro atoms. The molecule has 8 heteroatoms. The van der Waals surface area contributed by atoms with Gasteiger partial charge in [-0.1, -0.05) is 28.1 Å². The number of benzene rings is 2. The van der Waals surface area contributed by atoms with Crippen LogP contribution in [-0.4, -0.2) is 21.0 Å². The predicted molar refractivity (Wildman–Crippen MR) is 112 cm³/mol. The third kappa shape index (κ3) is 3.51. The van der Waals surface area contributed by atoms with Crippen molar-refractivity contribution in [1.82, 2.24) is 4.72 Å². The maximum atomic E-state index is 14.6. The Morgan fingerprint density at radius 3 is 2.69 bits per heavy atom. The molecule has 2 atom stereocenters. The lowest BCUT2D eigenvalue weighted by molar-refractivity contribution is 0.344. The Morgan fingerprint density at radius 2 is 1.97 bits per heavy atom. The van der Waals surface area contributed by atoms with Crippen molar-refractivity contribution in [3.8, 4) is 0 Å². The number of anilines is 1. The van der Waals surface area contributed by atoms with Crippen molar-refractivity contribution in [2.75, 3.05) is 11.9 Å². The van der Waals surface area contributed by atoms with Gasteiger partial charge in [0.25, 0.3) is 0 Å². The lowest BCUT2D eigenvalue weighted by Crippen LogP contribution is -2.45. The highest BCUT2D eigenvalue weighted by atomic mass is 79.9. The molecule has 29 heavy (non-hydrogen) atoms. The van der Waals surface area contributed by atoms with E-state index in [2.05, 4.69) is 32.5 Å². The normalized spacial score (nSPS) is 23.4. The second kappa shape index (κ2) is 7.49. The number of hydrogen-bond donors (Lipinski definition) is 2. The van der Waals surface area contributed by atoms with Crippen LogP contribution in [0.4, 0.5) is 14.5 Å². The van der Waals surface area contributed by atoms with Gasteiger partial charge in [0.2, 0.25) is 10.0 Å². The van der Waals surface area contributed by atoms with Gasteiger partial charge >= 0.3 is 0 Å². The SMILES string of the molecule is C=C1CCC[C@@H]2Nc3c(F)cc(Br)cc3[C@]12CCNS(=O)(=O)c1ccc(F)cc1. The number of halogens is 3. The van der Waals surface area contributed by atoms with Crippen molar-refractivity contribution in [2.45, 2.75) is 42.0 Å². The van der Waals surface area contributed by atoms with Gasteiger partial charge in [-0.2, -0.15) is 0 Å². The largest absolute Gasteiger partial charge is 0.378 e. The molecular formula is C21H21BrF2N2O2S. The summed E-state index contributed by atoms with van der Waals surface area (Å²) in [7, 11) is -3.77. The third-order valence-corrected chi connectivity index (χ3v) is 7.92. The van der Waals surface area contributed by atoms with E-state index in [9.17, 15) is 17.2 Å². The second-order valence-electron chi connectivity index (χ2n) is 7.58. The summed E-state index contributed by atoms with van der Waals surface area (Å²) in [5.74, 6) is -0.826.